The molecule has 0 saturated heterocycles. The van der Waals surface area contributed by atoms with E-state index in [1.807, 2.05) is 10.8 Å². The van der Waals surface area contributed by atoms with Crippen LogP contribution in [-0.4, -0.2) is 37.7 Å². The van der Waals surface area contributed by atoms with Crippen LogP contribution in [0.3, 0.4) is 0 Å². The van der Waals surface area contributed by atoms with Crippen molar-refractivity contribution in [3.63, 3.8) is 0 Å². The van der Waals surface area contributed by atoms with Crippen LogP contribution in [0.1, 0.15) is 46.2 Å². The number of amides is 1. The maximum Gasteiger partial charge on any atom is 0.259 e. The molecule has 5 rings (SSSR count). The zero-order valence-corrected chi connectivity index (χ0v) is 16.1. The molecular formula is C20H17FN8O. The maximum absolute atomic E-state index is 14.6. The van der Waals surface area contributed by atoms with Crippen LogP contribution < -0.4 is 5.32 Å². The first-order valence-corrected chi connectivity index (χ1v) is 9.51. The topological polar surface area (TPSA) is 110 Å². The Morgan fingerprint density at radius 2 is 2.13 bits per heavy atom. The molecule has 2 aliphatic rings. The molecule has 30 heavy (non-hydrogen) atoms. The quantitative estimate of drug-likeness (QED) is 0.702. The molecule has 3 heterocycles. The van der Waals surface area contributed by atoms with Crippen molar-refractivity contribution in [1.29, 1.82) is 0 Å². The predicted molar refractivity (Wildman–Crippen MR) is 106 cm³/mol. The van der Waals surface area contributed by atoms with Gasteiger partial charge in [0, 0.05) is 18.3 Å². The summed E-state index contributed by atoms with van der Waals surface area (Å²) in [5.41, 5.74) is 2.85. The van der Waals surface area contributed by atoms with Gasteiger partial charge in [-0.3, -0.25) is 4.79 Å². The van der Waals surface area contributed by atoms with Gasteiger partial charge in [0.1, 0.15) is 23.9 Å². The Hall–Kier alpha value is -3.82. The van der Waals surface area contributed by atoms with E-state index in [1.54, 1.807) is 13.3 Å². The Labute approximate surface area is 170 Å². The number of nitrogens with one attached hydrogen (secondary N) is 1. The SMILES string of the molecule is Cc1cc(F)c(C(=O)Nc2ccnc(C3=NN=NC3)n2)cc1-n1cnc(C2CC2)c1. The largest absolute Gasteiger partial charge is 0.306 e. The number of imidazole rings is 1. The highest BCUT2D eigenvalue weighted by molar-refractivity contribution is 6.05. The van der Waals surface area contributed by atoms with Crippen LogP contribution >= 0.6 is 0 Å². The molecule has 2 aromatic heterocycles. The van der Waals surface area contributed by atoms with Gasteiger partial charge in [-0.2, -0.15) is 5.11 Å². The second-order valence-electron chi connectivity index (χ2n) is 7.25. The number of hydrogen-bond donors (Lipinski definition) is 1. The van der Waals surface area contributed by atoms with Crippen molar-refractivity contribution >= 4 is 17.4 Å². The molecule has 1 amide bonds. The third kappa shape index (κ3) is 3.47. The lowest BCUT2D eigenvalue weighted by Crippen LogP contribution is -2.17. The molecule has 1 aliphatic carbocycles. The first kappa shape index (κ1) is 18.2. The second-order valence-corrected chi connectivity index (χ2v) is 7.25. The lowest BCUT2D eigenvalue weighted by Gasteiger charge is -2.11. The molecule has 1 fully saturated rings. The fourth-order valence-corrected chi connectivity index (χ4v) is 3.26. The summed E-state index contributed by atoms with van der Waals surface area (Å²) < 4.78 is 16.4. The average molecular weight is 404 g/mol. The van der Waals surface area contributed by atoms with Crippen LogP contribution in [0.15, 0.2) is 52.4 Å². The van der Waals surface area contributed by atoms with Crippen LogP contribution in [0.25, 0.3) is 5.69 Å². The standard InChI is InChI=1S/C20H17FN8O/c1-11-6-14(21)13(7-17(11)29-9-16(23-10-29)12-2-3-12)20(30)26-18-4-5-22-19(25-18)15-8-24-28-27-15/h4-7,9-10,12H,2-3,8H2,1H3,(H,22,25,26,30). The molecule has 0 spiro atoms. The number of hydrogen-bond acceptors (Lipinski definition) is 7. The van der Waals surface area contributed by atoms with Crippen molar-refractivity contribution in [3.8, 4) is 5.69 Å². The van der Waals surface area contributed by atoms with Gasteiger partial charge in [-0.25, -0.2) is 19.3 Å². The molecule has 10 heteroatoms. The summed E-state index contributed by atoms with van der Waals surface area (Å²) in [5, 5.41) is 13.8. The Balaban J connectivity index is 1.42. The van der Waals surface area contributed by atoms with Crippen molar-refractivity contribution < 1.29 is 9.18 Å². The normalized spacial score (nSPS) is 15.3. The minimum Gasteiger partial charge on any atom is -0.306 e. The number of anilines is 1. The Morgan fingerprint density at radius 3 is 2.90 bits per heavy atom. The number of rotatable bonds is 5. The number of nitrogens with zero attached hydrogens (tertiary/aromatic N) is 7. The van der Waals surface area contributed by atoms with Gasteiger partial charge in [-0.15, -0.1) is 5.10 Å². The molecular weight excluding hydrogens is 387 g/mol. The summed E-state index contributed by atoms with van der Waals surface area (Å²) in [6.07, 6.45) is 7.41. The Morgan fingerprint density at radius 1 is 1.27 bits per heavy atom. The molecule has 1 aliphatic heterocycles. The molecule has 0 atom stereocenters. The lowest BCUT2D eigenvalue weighted by molar-refractivity contribution is 0.102. The van der Waals surface area contributed by atoms with Gasteiger partial charge < -0.3 is 9.88 Å². The third-order valence-corrected chi connectivity index (χ3v) is 5.01. The third-order valence-electron chi connectivity index (χ3n) is 5.01. The maximum atomic E-state index is 14.6. The van der Waals surface area contributed by atoms with Crippen molar-refractivity contribution in [2.24, 2.45) is 15.4 Å². The van der Waals surface area contributed by atoms with E-state index >= 15 is 0 Å². The number of aromatic nitrogens is 4. The number of aryl methyl sites for hydroxylation is 1. The van der Waals surface area contributed by atoms with Crippen LogP contribution in [0.4, 0.5) is 10.2 Å². The van der Waals surface area contributed by atoms with E-state index in [1.165, 1.54) is 24.4 Å². The van der Waals surface area contributed by atoms with E-state index in [2.05, 4.69) is 35.7 Å². The number of carbonyl (C=O) groups is 1. The van der Waals surface area contributed by atoms with Crippen molar-refractivity contribution in [2.75, 3.05) is 11.9 Å². The van der Waals surface area contributed by atoms with Gasteiger partial charge in [0.15, 0.2) is 5.82 Å². The summed E-state index contributed by atoms with van der Waals surface area (Å²) in [6.45, 7) is 2.08. The van der Waals surface area contributed by atoms with E-state index in [-0.39, 0.29) is 17.9 Å². The molecule has 0 bridgehead atoms. The highest BCUT2D eigenvalue weighted by Gasteiger charge is 2.26. The number of benzene rings is 1. The van der Waals surface area contributed by atoms with E-state index in [9.17, 15) is 9.18 Å². The second kappa shape index (κ2) is 7.21. The van der Waals surface area contributed by atoms with E-state index in [4.69, 9.17) is 0 Å². The Kier molecular flexibility index (Phi) is 4.38. The highest BCUT2D eigenvalue weighted by Crippen LogP contribution is 2.39. The summed E-state index contributed by atoms with van der Waals surface area (Å²) in [5.74, 6) is -0.160. The molecule has 3 aromatic rings. The van der Waals surface area contributed by atoms with E-state index in [0.29, 0.717) is 28.7 Å². The van der Waals surface area contributed by atoms with Crippen LogP contribution in [0.2, 0.25) is 0 Å². The molecule has 0 unspecified atom stereocenters. The summed E-state index contributed by atoms with van der Waals surface area (Å²) in [4.78, 5) is 25.6. The van der Waals surface area contributed by atoms with Crippen LogP contribution in [0, 0.1) is 12.7 Å². The summed E-state index contributed by atoms with van der Waals surface area (Å²) in [6, 6.07) is 4.40. The molecule has 1 aromatic carbocycles. The summed E-state index contributed by atoms with van der Waals surface area (Å²) in [7, 11) is 0. The van der Waals surface area contributed by atoms with Crippen molar-refractivity contribution in [2.45, 2.75) is 25.7 Å². The van der Waals surface area contributed by atoms with Gasteiger partial charge in [-0.1, -0.05) is 0 Å². The first-order chi connectivity index (χ1) is 14.6. The van der Waals surface area contributed by atoms with Gasteiger partial charge in [-0.05, 0) is 48.8 Å². The molecule has 1 N–H and O–H groups in total. The highest BCUT2D eigenvalue weighted by atomic mass is 19.1. The minimum atomic E-state index is -0.608. The van der Waals surface area contributed by atoms with Crippen molar-refractivity contribution in [1.82, 2.24) is 19.5 Å². The molecule has 1 saturated carbocycles. The van der Waals surface area contributed by atoms with Gasteiger partial charge in [0.05, 0.1) is 23.3 Å². The fourth-order valence-electron chi connectivity index (χ4n) is 3.26. The van der Waals surface area contributed by atoms with Crippen molar-refractivity contribution in [3.05, 3.63) is 65.4 Å². The first-order valence-electron chi connectivity index (χ1n) is 9.51. The smallest absolute Gasteiger partial charge is 0.259 e. The summed E-state index contributed by atoms with van der Waals surface area (Å²) >= 11 is 0. The van der Waals surface area contributed by atoms with Crippen LogP contribution in [-0.2, 0) is 0 Å². The zero-order valence-electron chi connectivity index (χ0n) is 16.1. The average Bonchev–Trinajstić information content (AvgIpc) is 3.23. The van der Waals surface area contributed by atoms with Crippen LogP contribution in [0.5, 0.6) is 0 Å². The molecule has 9 nitrogen and oxygen atoms in total. The number of halogens is 1. The van der Waals surface area contributed by atoms with Gasteiger partial charge >= 0.3 is 0 Å². The van der Waals surface area contributed by atoms with E-state index < -0.39 is 11.7 Å². The monoisotopic (exact) mass is 404 g/mol. The zero-order chi connectivity index (χ0) is 20.7. The van der Waals surface area contributed by atoms with Gasteiger partial charge in [0.25, 0.3) is 5.91 Å². The van der Waals surface area contributed by atoms with E-state index in [0.717, 1.165) is 18.5 Å². The molecule has 0 radical (unpaired) electrons. The predicted octanol–water partition coefficient (Wildman–Crippen LogP) is 3.41. The van der Waals surface area contributed by atoms with Gasteiger partial charge in [0.2, 0.25) is 0 Å². The molecule has 150 valence electrons. The lowest BCUT2D eigenvalue weighted by atomic mass is 10.1. The minimum absolute atomic E-state index is 0.0827. The number of carbonyl (C=O) groups excluding carboxylic acids is 1. The Bertz CT molecular complexity index is 1210. The fraction of sp³-hybridized carbons (Fsp3) is 0.250.